The standard InChI is InChI=1S/C27H34ClFN4O3S/c1-17(2)25(19-9-11-20(28)12-10-19)26(30-4)27(34)32-24-8-6-7-23(29)22(24)14-13-21-16-31-15-18(3)33(21)37(5,35)36/h4,6-12,17-18,21,25-26,31H,13-16H2,1-3,5H3/p+1. The SMILES string of the molecule is C#[N+]C(C(=O)Nc1cccc(F)c1CCC1CNCC(C)N1S(C)(=O)=O)C(c1ccc(Cl)cc1)C(C)C. The van der Waals surface area contributed by atoms with Crippen LogP contribution in [0.1, 0.15) is 44.2 Å². The summed E-state index contributed by atoms with van der Waals surface area (Å²) in [5, 5.41) is 6.66. The van der Waals surface area contributed by atoms with Gasteiger partial charge >= 0.3 is 11.9 Å². The van der Waals surface area contributed by atoms with Gasteiger partial charge in [-0.25, -0.2) is 12.8 Å². The molecule has 2 aromatic carbocycles. The molecule has 1 amide bonds. The van der Waals surface area contributed by atoms with Gasteiger partial charge in [0.15, 0.2) is 0 Å². The highest BCUT2D eigenvalue weighted by Crippen LogP contribution is 2.32. The number of rotatable bonds is 9. The Labute approximate surface area is 224 Å². The third-order valence-corrected chi connectivity index (χ3v) is 8.52. The predicted octanol–water partition coefficient (Wildman–Crippen LogP) is 4.74. The van der Waals surface area contributed by atoms with Gasteiger partial charge in [0.1, 0.15) is 5.82 Å². The molecule has 4 atom stereocenters. The lowest BCUT2D eigenvalue weighted by Crippen LogP contribution is -2.58. The van der Waals surface area contributed by atoms with Crippen LogP contribution < -0.4 is 10.6 Å². The number of hydrogen-bond donors (Lipinski definition) is 2. The molecule has 2 N–H and O–H groups in total. The maximum absolute atomic E-state index is 15.0. The van der Waals surface area contributed by atoms with Crippen molar-refractivity contribution in [3.8, 4) is 6.57 Å². The molecule has 4 unspecified atom stereocenters. The maximum atomic E-state index is 15.0. The number of halogens is 2. The van der Waals surface area contributed by atoms with Crippen molar-refractivity contribution in [3.05, 3.63) is 69.3 Å². The Balaban J connectivity index is 1.83. The van der Waals surface area contributed by atoms with Crippen molar-refractivity contribution < 1.29 is 17.6 Å². The lowest BCUT2D eigenvalue weighted by atomic mass is 9.82. The first-order valence-corrected chi connectivity index (χ1v) is 14.6. The van der Waals surface area contributed by atoms with Crippen LogP contribution in [-0.4, -0.2) is 56.1 Å². The maximum Gasteiger partial charge on any atom is 0.355 e. The molecule has 1 aliphatic rings. The van der Waals surface area contributed by atoms with Gasteiger partial charge in [-0.05, 0) is 55.5 Å². The minimum absolute atomic E-state index is 0.0268. The Kier molecular flexibility index (Phi) is 9.70. The van der Waals surface area contributed by atoms with Crippen LogP contribution in [0.5, 0.6) is 0 Å². The van der Waals surface area contributed by atoms with Gasteiger partial charge in [0, 0.05) is 41.4 Å². The summed E-state index contributed by atoms with van der Waals surface area (Å²) in [5.41, 5.74) is 1.50. The van der Waals surface area contributed by atoms with Crippen molar-refractivity contribution in [1.82, 2.24) is 9.62 Å². The Morgan fingerprint density at radius 2 is 1.92 bits per heavy atom. The second-order valence-corrected chi connectivity index (χ2v) is 12.3. The van der Waals surface area contributed by atoms with Crippen LogP contribution in [0.4, 0.5) is 10.1 Å². The normalized spacial score (nSPS) is 20.3. The first-order chi connectivity index (χ1) is 17.4. The number of anilines is 1. The highest BCUT2D eigenvalue weighted by atomic mass is 35.5. The molecule has 37 heavy (non-hydrogen) atoms. The van der Waals surface area contributed by atoms with E-state index in [4.69, 9.17) is 18.2 Å². The third kappa shape index (κ3) is 7.08. The number of amides is 1. The molecular weight excluding hydrogens is 515 g/mol. The Hall–Kier alpha value is -2.51. The number of hydrogen-bond acceptors (Lipinski definition) is 4. The van der Waals surface area contributed by atoms with Crippen molar-refractivity contribution in [2.75, 3.05) is 24.7 Å². The van der Waals surface area contributed by atoms with Gasteiger partial charge in [-0.2, -0.15) is 4.31 Å². The summed E-state index contributed by atoms with van der Waals surface area (Å²) in [7, 11) is -3.43. The van der Waals surface area contributed by atoms with Gasteiger partial charge in [0.2, 0.25) is 10.0 Å². The van der Waals surface area contributed by atoms with E-state index in [0.29, 0.717) is 35.8 Å². The average Bonchev–Trinajstić information content (AvgIpc) is 2.81. The lowest BCUT2D eigenvalue weighted by molar-refractivity contribution is -0.117. The van der Waals surface area contributed by atoms with E-state index in [0.717, 1.165) is 5.56 Å². The number of nitrogens with zero attached hydrogens (tertiary/aromatic N) is 2. The predicted molar refractivity (Wildman–Crippen MR) is 147 cm³/mol. The molecule has 0 aliphatic carbocycles. The summed E-state index contributed by atoms with van der Waals surface area (Å²) in [6, 6.07) is 10.2. The van der Waals surface area contributed by atoms with Crippen LogP contribution >= 0.6 is 11.6 Å². The highest BCUT2D eigenvalue weighted by molar-refractivity contribution is 7.88. The summed E-state index contributed by atoms with van der Waals surface area (Å²) in [6.45, 7) is 12.5. The number of piperazine rings is 1. The Bertz CT molecular complexity index is 1250. The van der Waals surface area contributed by atoms with Gasteiger partial charge < -0.3 is 10.6 Å². The summed E-state index contributed by atoms with van der Waals surface area (Å²) in [6.07, 6.45) is 1.82. The molecule has 1 heterocycles. The molecule has 0 saturated carbocycles. The molecule has 1 aliphatic heterocycles. The second-order valence-electron chi connectivity index (χ2n) is 9.96. The summed E-state index contributed by atoms with van der Waals surface area (Å²) < 4.78 is 41.3. The van der Waals surface area contributed by atoms with Crippen LogP contribution in [0.15, 0.2) is 42.5 Å². The van der Waals surface area contributed by atoms with E-state index < -0.39 is 27.8 Å². The largest absolute Gasteiger partial charge is 0.355 e. The van der Waals surface area contributed by atoms with Gasteiger partial charge in [-0.15, -0.1) is 0 Å². The van der Waals surface area contributed by atoms with E-state index in [1.807, 2.05) is 32.9 Å². The van der Waals surface area contributed by atoms with Gasteiger partial charge in [-0.1, -0.05) is 48.5 Å². The number of benzene rings is 2. The van der Waals surface area contributed by atoms with Crippen molar-refractivity contribution >= 4 is 33.2 Å². The summed E-state index contributed by atoms with van der Waals surface area (Å²) in [4.78, 5) is 17.3. The smallest absolute Gasteiger partial charge is 0.319 e. The molecule has 2 aromatic rings. The molecule has 10 heteroatoms. The first-order valence-electron chi connectivity index (χ1n) is 12.4. The molecule has 1 saturated heterocycles. The number of carbonyl (C=O) groups is 1. The average molecular weight is 550 g/mol. The summed E-state index contributed by atoms with van der Waals surface area (Å²) in [5.74, 6) is -1.22. The van der Waals surface area contributed by atoms with Gasteiger partial charge in [0.05, 0.1) is 12.2 Å². The lowest BCUT2D eigenvalue weighted by Gasteiger charge is -2.39. The number of nitrogens with one attached hydrogen (secondary N) is 2. The second kappa shape index (κ2) is 12.4. The van der Waals surface area contributed by atoms with E-state index in [9.17, 15) is 17.6 Å². The Morgan fingerprint density at radius 1 is 1.24 bits per heavy atom. The summed E-state index contributed by atoms with van der Waals surface area (Å²) >= 11 is 6.04. The van der Waals surface area contributed by atoms with E-state index in [2.05, 4.69) is 15.5 Å². The molecule has 0 bridgehead atoms. The molecule has 1 fully saturated rings. The van der Waals surface area contributed by atoms with Gasteiger partial charge in [0.25, 0.3) is 6.57 Å². The minimum atomic E-state index is -3.43. The number of carbonyl (C=O) groups excluding carboxylic acids is 1. The first kappa shape index (κ1) is 29.1. The molecular formula is C27H35ClFN4O3S+. The van der Waals surface area contributed by atoms with E-state index in [1.165, 1.54) is 22.7 Å². The molecule has 0 radical (unpaired) electrons. The van der Waals surface area contributed by atoms with Crippen LogP contribution in [0.3, 0.4) is 0 Å². The van der Waals surface area contributed by atoms with Crippen LogP contribution in [-0.2, 0) is 21.2 Å². The monoisotopic (exact) mass is 549 g/mol. The Morgan fingerprint density at radius 3 is 2.51 bits per heavy atom. The van der Waals surface area contributed by atoms with Crippen molar-refractivity contribution in [3.63, 3.8) is 0 Å². The minimum Gasteiger partial charge on any atom is -0.319 e. The number of sulfonamides is 1. The molecule has 0 aromatic heterocycles. The fraction of sp³-hybridized carbons (Fsp3) is 0.481. The zero-order valence-electron chi connectivity index (χ0n) is 21.6. The fourth-order valence-corrected chi connectivity index (χ4v) is 6.79. The van der Waals surface area contributed by atoms with E-state index in [-0.39, 0.29) is 30.3 Å². The molecule has 0 spiro atoms. The van der Waals surface area contributed by atoms with Crippen LogP contribution in [0, 0.1) is 18.3 Å². The molecule has 3 rings (SSSR count). The molecule has 200 valence electrons. The fourth-order valence-electron chi connectivity index (χ4n) is 5.21. The van der Waals surface area contributed by atoms with Crippen molar-refractivity contribution in [2.45, 2.75) is 57.7 Å². The van der Waals surface area contributed by atoms with Crippen molar-refractivity contribution in [2.24, 2.45) is 5.92 Å². The molecule has 7 nitrogen and oxygen atoms in total. The van der Waals surface area contributed by atoms with Crippen molar-refractivity contribution in [1.29, 1.82) is 0 Å². The zero-order chi connectivity index (χ0) is 27.3. The van der Waals surface area contributed by atoms with E-state index >= 15 is 0 Å². The van der Waals surface area contributed by atoms with E-state index in [1.54, 1.807) is 18.2 Å². The van der Waals surface area contributed by atoms with Gasteiger partial charge in [-0.3, -0.25) is 4.79 Å². The highest BCUT2D eigenvalue weighted by Gasteiger charge is 2.40. The topological polar surface area (TPSA) is 82.9 Å². The quantitative estimate of drug-likeness (QED) is 0.473. The van der Waals surface area contributed by atoms with Crippen LogP contribution in [0.2, 0.25) is 5.02 Å². The zero-order valence-corrected chi connectivity index (χ0v) is 23.2. The third-order valence-electron chi connectivity index (χ3n) is 6.84. The van der Waals surface area contributed by atoms with Crippen LogP contribution in [0.25, 0.3) is 4.85 Å².